The van der Waals surface area contributed by atoms with Crippen LogP contribution < -0.4 is 10.2 Å². The molecule has 0 radical (unpaired) electrons. The maximum atomic E-state index is 12.9. The molecule has 0 atom stereocenters. The van der Waals surface area contributed by atoms with Gasteiger partial charge in [-0.3, -0.25) is 9.89 Å². The number of carbonyl (C=O) groups excluding carboxylic acids is 1. The van der Waals surface area contributed by atoms with Gasteiger partial charge in [-0.25, -0.2) is 8.42 Å². The summed E-state index contributed by atoms with van der Waals surface area (Å²) in [5.74, 6) is -0.121. The molecule has 1 aromatic heterocycles. The molecular weight excluding hydrogens is 354 g/mol. The van der Waals surface area contributed by atoms with Gasteiger partial charge in [0.05, 0.1) is 11.4 Å². The average molecular weight is 377 g/mol. The predicted molar refractivity (Wildman–Crippen MR) is 99.8 cm³/mol. The Balaban J connectivity index is 1.73. The van der Waals surface area contributed by atoms with Gasteiger partial charge in [-0.05, 0) is 32.0 Å². The average Bonchev–Trinajstić information content (AvgIpc) is 2.94. The van der Waals surface area contributed by atoms with Gasteiger partial charge in [-0.1, -0.05) is 6.07 Å². The van der Waals surface area contributed by atoms with Crippen LogP contribution in [0.1, 0.15) is 18.3 Å². The van der Waals surface area contributed by atoms with Crippen LogP contribution in [-0.2, 0) is 14.8 Å². The lowest BCUT2D eigenvalue weighted by atomic mass is 10.2. The van der Waals surface area contributed by atoms with E-state index < -0.39 is 10.0 Å². The molecule has 9 heteroatoms. The fourth-order valence-electron chi connectivity index (χ4n) is 3.22. The summed E-state index contributed by atoms with van der Waals surface area (Å²) in [6, 6.07) is 7.56. The van der Waals surface area contributed by atoms with Crippen LogP contribution in [0.2, 0.25) is 0 Å². The Morgan fingerprint density at radius 1 is 1.19 bits per heavy atom. The van der Waals surface area contributed by atoms with E-state index in [1.807, 2.05) is 24.3 Å². The molecule has 2 aromatic rings. The maximum Gasteiger partial charge on any atom is 0.246 e. The normalized spacial score (nSPS) is 15.9. The SMILES string of the molecule is CC(=O)Nc1cccc(N2CCN(S(=O)(=O)c3c(C)n[nH]c3C)CC2)c1. The maximum absolute atomic E-state index is 12.9. The number of benzene rings is 1. The molecule has 140 valence electrons. The van der Waals surface area contributed by atoms with Crippen molar-refractivity contribution in [1.29, 1.82) is 0 Å². The third kappa shape index (κ3) is 3.58. The van der Waals surface area contributed by atoms with Gasteiger partial charge in [0.1, 0.15) is 4.90 Å². The van der Waals surface area contributed by atoms with Crippen LogP contribution in [0.25, 0.3) is 0 Å². The molecule has 0 spiro atoms. The summed E-state index contributed by atoms with van der Waals surface area (Å²) >= 11 is 0. The number of sulfonamides is 1. The Labute approximate surface area is 153 Å². The van der Waals surface area contributed by atoms with Crippen LogP contribution >= 0.6 is 0 Å². The van der Waals surface area contributed by atoms with E-state index in [2.05, 4.69) is 20.4 Å². The number of aromatic amines is 1. The number of hydrogen-bond donors (Lipinski definition) is 2. The Bertz CT molecular complexity index is 895. The van der Waals surface area contributed by atoms with E-state index >= 15 is 0 Å². The minimum atomic E-state index is -3.55. The number of anilines is 2. The van der Waals surface area contributed by atoms with E-state index in [1.54, 1.807) is 13.8 Å². The number of rotatable bonds is 4. The molecule has 1 aromatic carbocycles. The Kier molecular flexibility index (Phi) is 5.01. The highest BCUT2D eigenvalue weighted by molar-refractivity contribution is 7.89. The zero-order chi connectivity index (χ0) is 18.9. The zero-order valence-corrected chi connectivity index (χ0v) is 15.9. The summed E-state index contributed by atoms with van der Waals surface area (Å²) in [6.07, 6.45) is 0. The van der Waals surface area contributed by atoms with Crippen LogP contribution in [0.15, 0.2) is 29.2 Å². The van der Waals surface area contributed by atoms with E-state index in [0.717, 1.165) is 11.4 Å². The van der Waals surface area contributed by atoms with Crippen molar-refractivity contribution in [2.75, 3.05) is 36.4 Å². The molecule has 1 aliphatic heterocycles. The number of aryl methyl sites for hydroxylation is 2. The smallest absolute Gasteiger partial charge is 0.246 e. The number of amides is 1. The fraction of sp³-hybridized carbons (Fsp3) is 0.412. The van der Waals surface area contributed by atoms with Gasteiger partial charge in [-0.15, -0.1) is 0 Å². The topological polar surface area (TPSA) is 98.4 Å². The summed E-state index contributed by atoms with van der Waals surface area (Å²) in [4.78, 5) is 13.6. The Morgan fingerprint density at radius 2 is 1.88 bits per heavy atom. The van der Waals surface area contributed by atoms with Crippen molar-refractivity contribution in [2.24, 2.45) is 0 Å². The van der Waals surface area contributed by atoms with E-state index in [4.69, 9.17) is 0 Å². The third-order valence-electron chi connectivity index (χ3n) is 4.43. The van der Waals surface area contributed by atoms with Crippen molar-refractivity contribution in [3.8, 4) is 0 Å². The van der Waals surface area contributed by atoms with Crippen LogP contribution in [0.5, 0.6) is 0 Å². The molecule has 1 fully saturated rings. The zero-order valence-electron chi connectivity index (χ0n) is 15.1. The van der Waals surface area contributed by atoms with Crippen LogP contribution in [0.4, 0.5) is 11.4 Å². The predicted octanol–water partition coefficient (Wildman–Crippen LogP) is 1.50. The largest absolute Gasteiger partial charge is 0.369 e. The van der Waals surface area contributed by atoms with Gasteiger partial charge >= 0.3 is 0 Å². The second-order valence-corrected chi connectivity index (χ2v) is 8.26. The molecule has 3 rings (SSSR count). The Hall–Kier alpha value is -2.39. The van der Waals surface area contributed by atoms with E-state index in [0.29, 0.717) is 37.6 Å². The lowest BCUT2D eigenvalue weighted by Gasteiger charge is -2.35. The van der Waals surface area contributed by atoms with E-state index in [-0.39, 0.29) is 10.8 Å². The number of H-pyrrole nitrogens is 1. The van der Waals surface area contributed by atoms with Crippen molar-refractivity contribution < 1.29 is 13.2 Å². The molecule has 8 nitrogen and oxygen atoms in total. The molecule has 0 saturated carbocycles. The van der Waals surface area contributed by atoms with Gasteiger partial charge in [0, 0.05) is 44.5 Å². The number of piperazine rings is 1. The second kappa shape index (κ2) is 7.08. The minimum Gasteiger partial charge on any atom is -0.369 e. The third-order valence-corrected chi connectivity index (χ3v) is 6.59. The van der Waals surface area contributed by atoms with Crippen molar-refractivity contribution in [3.05, 3.63) is 35.7 Å². The standard InChI is InChI=1S/C17H23N5O3S/c1-12-17(13(2)20-19-12)26(24,25)22-9-7-21(8-10-22)16-6-4-5-15(11-16)18-14(3)23/h4-6,11H,7-10H2,1-3H3,(H,18,23)(H,19,20). The monoisotopic (exact) mass is 377 g/mol. The highest BCUT2D eigenvalue weighted by Gasteiger charge is 2.32. The molecule has 2 N–H and O–H groups in total. The summed E-state index contributed by atoms with van der Waals surface area (Å²) in [7, 11) is -3.55. The first-order valence-electron chi connectivity index (χ1n) is 8.43. The second-order valence-electron chi connectivity index (χ2n) is 6.39. The van der Waals surface area contributed by atoms with Gasteiger partial charge in [-0.2, -0.15) is 9.40 Å². The molecule has 0 unspecified atom stereocenters. The minimum absolute atomic E-state index is 0.121. The van der Waals surface area contributed by atoms with Crippen LogP contribution in [0.3, 0.4) is 0 Å². The molecule has 26 heavy (non-hydrogen) atoms. The number of nitrogens with zero attached hydrogens (tertiary/aromatic N) is 3. The molecule has 1 aliphatic rings. The van der Waals surface area contributed by atoms with Gasteiger partial charge in [0.15, 0.2) is 0 Å². The first kappa shape index (κ1) is 18.4. The van der Waals surface area contributed by atoms with Gasteiger partial charge < -0.3 is 10.2 Å². The van der Waals surface area contributed by atoms with Gasteiger partial charge in [0.2, 0.25) is 15.9 Å². The fourth-order valence-corrected chi connectivity index (χ4v) is 4.97. The van der Waals surface area contributed by atoms with E-state index in [9.17, 15) is 13.2 Å². The van der Waals surface area contributed by atoms with Crippen molar-refractivity contribution >= 4 is 27.3 Å². The lowest BCUT2D eigenvalue weighted by molar-refractivity contribution is -0.114. The summed E-state index contributed by atoms with van der Waals surface area (Å²) < 4.78 is 27.3. The first-order valence-corrected chi connectivity index (χ1v) is 9.87. The molecule has 2 heterocycles. The summed E-state index contributed by atoms with van der Waals surface area (Å²) in [5.41, 5.74) is 2.75. The molecule has 0 bridgehead atoms. The highest BCUT2D eigenvalue weighted by atomic mass is 32.2. The van der Waals surface area contributed by atoms with Crippen molar-refractivity contribution in [3.63, 3.8) is 0 Å². The number of aromatic nitrogens is 2. The van der Waals surface area contributed by atoms with Gasteiger partial charge in [0.25, 0.3) is 0 Å². The number of carbonyl (C=O) groups is 1. The molecule has 1 saturated heterocycles. The summed E-state index contributed by atoms with van der Waals surface area (Å²) in [6.45, 7) is 6.85. The highest BCUT2D eigenvalue weighted by Crippen LogP contribution is 2.25. The number of hydrogen-bond acceptors (Lipinski definition) is 5. The van der Waals surface area contributed by atoms with E-state index in [1.165, 1.54) is 11.2 Å². The van der Waals surface area contributed by atoms with Crippen molar-refractivity contribution in [2.45, 2.75) is 25.7 Å². The molecule has 1 amide bonds. The first-order chi connectivity index (χ1) is 12.3. The Morgan fingerprint density at radius 3 is 2.46 bits per heavy atom. The lowest BCUT2D eigenvalue weighted by Crippen LogP contribution is -2.48. The van der Waals surface area contributed by atoms with Crippen molar-refractivity contribution in [1.82, 2.24) is 14.5 Å². The van der Waals surface area contributed by atoms with Crippen LogP contribution in [0, 0.1) is 13.8 Å². The molecular formula is C17H23N5O3S. The quantitative estimate of drug-likeness (QED) is 0.841. The number of nitrogens with one attached hydrogen (secondary N) is 2. The molecule has 0 aliphatic carbocycles. The summed E-state index contributed by atoms with van der Waals surface area (Å²) in [5, 5.41) is 9.50. The van der Waals surface area contributed by atoms with Crippen LogP contribution in [-0.4, -0.2) is 55.0 Å².